The molecule has 0 aliphatic heterocycles. The number of anilines is 1. The van der Waals surface area contributed by atoms with Gasteiger partial charge in [-0.1, -0.05) is 26.0 Å². The lowest BCUT2D eigenvalue weighted by atomic mass is 9.92. The van der Waals surface area contributed by atoms with E-state index in [9.17, 15) is 0 Å². The number of aromatic nitrogens is 6. The average molecular weight is 299 g/mol. The maximum Gasteiger partial charge on any atom is 0.152 e. The Morgan fingerprint density at radius 2 is 2.09 bits per heavy atom. The van der Waals surface area contributed by atoms with E-state index in [0.717, 1.165) is 29.3 Å². The van der Waals surface area contributed by atoms with Crippen LogP contribution in [0.15, 0.2) is 24.7 Å². The second kappa shape index (κ2) is 5.40. The van der Waals surface area contributed by atoms with Crippen LogP contribution in [-0.4, -0.2) is 29.6 Å². The van der Waals surface area contributed by atoms with Gasteiger partial charge in [-0.25, -0.2) is 9.50 Å². The highest BCUT2D eigenvalue weighted by molar-refractivity contribution is 5.68. The number of nitrogens with zero attached hydrogens (tertiary/aromatic N) is 6. The van der Waals surface area contributed by atoms with Crippen LogP contribution < -0.4 is 5.32 Å². The highest BCUT2D eigenvalue weighted by atomic mass is 15.4. The fraction of sp³-hybridized carbons (Fsp3) is 0.467. The van der Waals surface area contributed by atoms with Crippen LogP contribution in [0, 0.1) is 0 Å². The summed E-state index contributed by atoms with van der Waals surface area (Å²) in [6.07, 6.45) is 5.55. The zero-order chi connectivity index (χ0) is 15.7. The fourth-order valence-corrected chi connectivity index (χ4v) is 2.17. The Morgan fingerprint density at radius 1 is 1.27 bits per heavy atom. The molecule has 3 rings (SSSR count). The van der Waals surface area contributed by atoms with Gasteiger partial charge in [0.15, 0.2) is 5.82 Å². The number of nitrogens with one attached hydrogen (secondary N) is 1. The lowest BCUT2D eigenvalue weighted by Crippen LogP contribution is -2.11. The van der Waals surface area contributed by atoms with Crippen molar-refractivity contribution < 1.29 is 0 Å². The number of rotatable bonds is 4. The molecule has 3 heterocycles. The van der Waals surface area contributed by atoms with Gasteiger partial charge >= 0.3 is 0 Å². The van der Waals surface area contributed by atoms with Crippen LogP contribution in [0.4, 0.5) is 5.82 Å². The molecule has 3 aromatic heterocycles. The van der Waals surface area contributed by atoms with Gasteiger partial charge in [0, 0.05) is 24.4 Å². The molecule has 0 aliphatic rings. The lowest BCUT2D eigenvalue weighted by molar-refractivity contribution is 0.562. The topological polar surface area (TPSA) is 72.9 Å². The average Bonchev–Trinajstić information content (AvgIpc) is 3.11. The minimum atomic E-state index is 0.00705. The summed E-state index contributed by atoms with van der Waals surface area (Å²) in [5, 5.41) is 16.1. The summed E-state index contributed by atoms with van der Waals surface area (Å²) in [6.45, 7) is 9.89. The maximum atomic E-state index is 4.62. The number of hydrogen-bond acceptors (Lipinski definition) is 5. The number of hydrogen-bond donors (Lipinski definition) is 1. The van der Waals surface area contributed by atoms with Gasteiger partial charge in [0.05, 0.1) is 18.4 Å². The van der Waals surface area contributed by atoms with Gasteiger partial charge in [-0.2, -0.15) is 5.10 Å². The van der Waals surface area contributed by atoms with Crippen molar-refractivity contribution in [2.24, 2.45) is 0 Å². The molecule has 7 heteroatoms. The Morgan fingerprint density at radius 3 is 2.77 bits per heavy atom. The van der Waals surface area contributed by atoms with Gasteiger partial charge in [-0.15, -0.1) is 5.10 Å². The molecule has 3 aromatic rings. The molecule has 0 aromatic carbocycles. The minimum Gasteiger partial charge on any atom is -0.362 e. The maximum absolute atomic E-state index is 4.62. The predicted molar refractivity (Wildman–Crippen MR) is 84.7 cm³/mol. The molecule has 0 aliphatic carbocycles. The molecule has 0 spiro atoms. The van der Waals surface area contributed by atoms with Crippen LogP contribution in [0.5, 0.6) is 0 Å². The van der Waals surface area contributed by atoms with Gasteiger partial charge in [0.1, 0.15) is 11.2 Å². The van der Waals surface area contributed by atoms with Gasteiger partial charge < -0.3 is 5.32 Å². The van der Waals surface area contributed by atoms with E-state index in [1.165, 1.54) is 0 Å². The summed E-state index contributed by atoms with van der Waals surface area (Å²) >= 11 is 0. The molecule has 0 bridgehead atoms. The first-order valence-corrected chi connectivity index (χ1v) is 7.45. The summed E-state index contributed by atoms with van der Waals surface area (Å²) in [7, 11) is 0. The van der Waals surface area contributed by atoms with Crippen LogP contribution in [-0.2, 0) is 18.5 Å². The first-order chi connectivity index (χ1) is 10.5. The molecule has 0 atom stereocenters. The third-order valence-electron chi connectivity index (χ3n) is 3.51. The monoisotopic (exact) mass is 299 g/mol. The molecule has 22 heavy (non-hydrogen) atoms. The summed E-state index contributed by atoms with van der Waals surface area (Å²) < 4.78 is 3.67. The van der Waals surface area contributed by atoms with Crippen LogP contribution in [0.25, 0.3) is 5.52 Å². The predicted octanol–water partition coefficient (Wildman–Crippen LogP) is 2.25. The molecular formula is C15H21N7. The molecule has 0 amide bonds. The van der Waals surface area contributed by atoms with Crippen LogP contribution in [0.2, 0.25) is 0 Å². The van der Waals surface area contributed by atoms with E-state index in [-0.39, 0.29) is 5.41 Å². The van der Waals surface area contributed by atoms with E-state index in [2.05, 4.69) is 52.5 Å². The summed E-state index contributed by atoms with van der Waals surface area (Å²) in [5.74, 6) is 0.802. The van der Waals surface area contributed by atoms with Crippen molar-refractivity contribution in [1.29, 1.82) is 0 Å². The van der Waals surface area contributed by atoms with Crippen molar-refractivity contribution in [3.05, 3.63) is 36.0 Å². The Kier molecular flexibility index (Phi) is 3.56. The SMILES string of the molecule is CCn1cc(CNc2nccn3nc(C(C)(C)C)cc23)nn1. The highest BCUT2D eigenvalue weighted by Gasteiger charge is 2.19. The van der Waals surface area contributed by atoms with Crippen molar-refractivity contribution in [1.82, 2.24) is 29.6 Å². The van der Waals surface area contributed by atoms with Crippen LogP contribution >= 0.6 is 0 Å². The third kappa shape index (κ3) is 2.79. The summed E-state index contributed by atoms with van der Waals surface area (Å²) in [6, 6.07) is 2.08. The van der Waals surface area contributed by atoms with Crippen molar-refractivity contribution in [3.8, 4) is 0 Å². The fourth-order valence-electron chi connectivity index (χ4n) is 2.17. The largest absolute Gasteiger partial charge is 0.362 e. The Balaban J connectivity index is 1.85. The van der Waals surface area contributed by atoms with Gasteiger partial charge in [-0.05, 0) is 13.0 Å². The molecule has 0 unspecified atom stereocenters. The van der Waals surface area contributed by atoms with Crippen molar-refractivity contribution >= 4 is 11.3 Å². The lowest BCUT2D eigenvalue weighted by Gasteiger charge is -2.13. The van der Waals surface area contributed by atoms with E-state index >= 15 is 0 Å². The summed E-state index contributed by atoms with van der Waals surface area (Å²) in [5.41, 5.74) is 2.91. The second-order valence-corrected chi connectivity index (χ2v) is 6.30. The minimum absolute atomic E-state index is 0.00705. The molecule has 116 valence electrons. The Labute approximate surface area is 129 Å². The van der Waals surface area contributed by atoms with Crippen molar-refractivity contribution in [3.63, 3.8) is 0 Å². The van der Waals surface area contributed by atoms with E-state index in [1.54, 1.807) is 6.20 Å². The van der Waals surface area contributed by atoms with Crippen LogP contribution in [0.3, 0.4) is 0 Å². The Bertz CT molecular complexity index is 779. The highest BCUT2D eigenvalue weighted by Crippen LogP contribution is 2.24. The summed E-state index contributed by atoms with van der Waals surface area (Å²) in [4.78, 5) is 4.42. The molecule has 7 nitrogen and oxygen atoms in total. The molecule has 0 fully saturated rings. The third-order valence-corrected chi connectivity index (χ3v) is 3.51. The van der Waals surface area contributed by atoms with E-state index in [4.69, 9.17) is 0 Å². The van der Waals surface area contributed by atoms with Crippen molar-refractivity contribution in [2.45, 2.75) is 46.2 Å². The first-order valence-electron chi connectivity index (χ1n) is 7.45. The normalized spacial score (nSPS) is 12.0. The standard InChI is InChI=1S/C15H21N7/c1-5-21-10-11(18-20-21)9-17-14-12-8-13(15(2,3)4)19-22(12)7-6-16-14/h6-8,10H,5,9H2,1-4H3,(H,16,17). The molecule has 0 saturated carbocycles. The Hall–Kier alpha value is -2.44. The van der Waals surface area contributed by atoms with Crippen molar-refractivity contribution in [2.75, 3.05) is 5.32 Å². The smallest absolute Gasteiger partial charge is 0.152 e. The van der Waals surface area contributed by atoms with Gasteiger partial charge in [0.25, 0.3) is 0 Å². The molecule has 1 N–H and O–H groups in total. The zero-order valence-corrected chi connectivity index (χ0v) is 13.4. The number of fused-ring (bicyclic) bond motifs is 1. The molecule has 0 saturated heterocycles. The first kappa shape index (κ1) is 14.5. The quantitative estimate of drug-likeness (QED) is 0.800. The second-order valence-electron chi connectivity index (χ2n) is 6.30. The molecular weight excluding hydrogens is 278 g/mol. The van der Waals surface area contributed by atoms with Gasteiger partial charge in [-0.3, -0.25) is 4.68 Å². The van der Waals surface area contributed by atoms with E-state index in [0.29, 0.717) is 6.54 Å². The number of aryl methyl sites for hydroxylation is 1. The molecule has 0 radical (unpaired) electrons. The van der Waals surface area contributed by atoms with Crippen LogP contribution in [0.1, 0.15) is 39.1 Å². The van der Waals surface area contributed by atoms with E-state index < -0.39 is 0 Å². The van der Waals surface area contributed by atoms with Gasteiger partial charge in [0.2, 0.25) is 0 Å². The zero-order valence-electron chi connectivity index (χ0n) is 13.4. The van der Waals surface area contributed by atoms with E-state index in [1.807, 2.05) is 28.5 Å².